The number of rotatable bonds is 4. The van der Waals surface area contributed by atoms with Gasteiger partial charge in [-0.1, -0.05) is 25.0 Å². The zero-order chi connectivity index (χ0) is 15.6. The van der Waals surface area contributed by atoms with E-state index in [0.717, 1.165) is 25.7 Å². The second-order valence-electron chi connectivity index (χ2n) is 6.74. The maximum atomic E-state index is 12.1. The highest BCUT2D eigenvalue weighted by Crippen LogP contribution is 2.48. The highest BCUT2D eigenvalue weighted by molar-refractivity contribution is 5.79. The molecule has 0 aromatic heterocycles. The third-order valence-electron chi connectivity index (χ3n) is 5.44. The average molecular weight is 294 g/mol. The van der Waals surface area contributed by atoms with Gasteiger partial charge in [-0.05, 0) is 49.9 Å². The van der Waals surface area contributed by atoms with Crippen LogP contribution < -0.4 is 0 Å². The summed E-state index contributed by atoms with van der Waals surface area (Å²) in [6, 6.07) is 0. The Morgan fingerprint density at radius 1 is 1.38 bits per heavy atom. The number of aliphatic carboxylic acids is 1. The fourth-order valence-corrected chi connectivity index (χ4v) is 4.31. The zero-order valence-electron chi connectivity index (χ0n) is 13.2. The van der Waals surface area contributed by atoms with Crippen molar-refractivity contribution in [2.75, 3.05) is 7.11 Å². The predicted molar refractivity (Wildman–Crippen MR) is 79.6 cm³/mol. The number of carboxylic acids is 1. The number of methoxy groups -OCH3 is 1. The van der Waals surface area contributed by atoms with Crippen molar-refractivity contribution in [3.05, 3.63) is 11.6 Å². The first-order valence-electron chi connectivity index (χ1n) is 7.91. The van der Waals surface area contributed by atoms with E-state index in [4.69, 9.17) is 9.84 Å². The first-order chi connectivity index (χ1) is 9.93. The molecule has 4 heteroatoms. The number of esters is 1. The number of carbonyl (C=O) groups excluding carboxylic acids is 1. The molecule has 2 rings (SSSR count). The molecule has 0 aliphatic heterocycles. The summed E-state index contributed by atoms with van der Waals surface area (Å²) in [7, 11) is 1.35. The molecule has 0 spiro atoms. The number of hydrogen-bond acceptors (Lipinski definition) is 3. The molecule has 4 nitrogen and oxygen atoms in total. The quantitative estimate of drug-likeness (QED) is 0.638. The van der Waals surface area contributed by atoms with E-state index in [0.29, 0.717) is 17.8 Å². The molecule has 0 amide bonds. The van der Waals surface area contributed by atoms with Crippen LogP contribution in [0.2, 0.25) is 0 Å². The second-order valence-corrected chi connectivity index (χ2v) is 6.74. The van der Waals surface area contributed by atoms with Gasteiger partial charge in [0.05, 0.1) is 19.4 Å². The minimum atomic E-state index is -0.919. The second kappa shape index (κ2) is 6.63. The van der Waals surface area contributed by atoms with Crippen molar-refractivity contribution in [1.82, 2.24) is 0 Å². The van der Waals surface area contributed by atoms with Crippen LogP contribution in [0.1, 0.15) is 46.0 Å². The molecule has 1 N–H and O–H groups in total. The van der Waals surface area contributed by atoms with Crippen molar-refractivity contribution < 1.29 is 19.4 Å². The average Bonchev–Trinajstić information content (AvgIpc) is 2.44. The molecule has 2 aliphatic carbocycles. The van der Waals surface area contributed by atoms with Crippen molar-refractivity contribution in [1.29, 1.82) is 0 Å². The number of carboxylic acid groups (broad SMARTS) is 1. The molecule has 0 saturated heterocycles. The van der Waals surface area contributed by atoms with Gasteiger partial charge in [-0.15, -0.1) is 0 Å². The summed E-state index contributed by atoms with van der Waals surface area (Å²) >= 11 is 0. The largest absolute Gasteiger partial charge is 0.481 e. The summed E-state index contributed by atoms with van der Waals surface area (Å²) in [5.41, 5.74) is 1.37. The monoisotopic (exact) mass is 294 g/mol. The molecule has 0 radical (unpaired) electrons. The van der Waals surface area contributed by atoms with Gasteiger partial charge in [0.1, 0.15) is 0 Å². The van der Waals surface area contributed by atoms with E-state index in [1.54, 1.807) is 0 Å². The summed E-state index contributed by atoms with van der Waals surface area (Å²) in [6.07, 6.45) is 6.45. The standard InChI is InChI=1S/C17H26O4/c1-10-4-6-12-11(2)5-7-13(14(12)8-10)15(9-16(18)19)17(20)21-3/h8,11-15H,4-7,9H2,1-3H3,(H,18,19)/t11-,12+,13-,14+,15?/m1/s1. The zero-order valence-corrected chi connectivity index (χ0v) is 13.2. The molecule has 1 fully saturated rings. The lowest BCUT2D eigenvalue weighted by Gasteiger charge is -2.45. The van der Waals surface area contributed by atoms with Gasteiger partial charge in [-0.25, -0.2) is 0 Å². The number of fused-ring (bicyclic) bond motifs is 1. The molecular formula is C17H26O4. The third-order valence-corrected chi connectivity index (χ3v) is 5.44. The van der Waals surface area contributed by atoms with E-state index in [1.165, 1.54) is 12.7 Å². The Bertz CT molecular complexity index is 440. The lowest BCUT2D eigenvalue weighted by Crippen LogP contribution is -2.41. The van der Waals surface area contributed by atoms with Gasteiger partial charge in [0.25, 0.3) is 0 Å². The maximum Gasteiger partial charge on any atom is 0.309 e. The fraction of sp³-hybridized carbons (Fsp3) is 0.765. The molecule has 0 aromatic carbocycles. The summed E-state index contributed by atoms with van der Waals surface area (Å²) in [5, 5.41) is 9.14. The summed E-state index contributed by atoms with van der Waals surface area (Å²) in [4.78, 5) is 23.2. The highest BCUT2D eigenvalue weighted by atomic mass is 16.5. The maximum absolute atomic E-state index is 12.1. The first kappa shape index (κ1) is 16.1. The lowest BCUT2D eigenvalue weighted by molar-refractivity contribution is -0.154. The predicted octanol–water partition coefficient (Wildman–Crippen LogP) is 3.27. The Kier molecular flexibility index (Phi) is 5.07. The van der Waals surface area contributed by atoms with Crippen molar-refractivity contribution >= 4 is 11.9 Å². The minimum Gasteiger partial charge on any atom is -0.481 e. The van der Waals surface area contributed by atoms with Crippen LogP contribution in [0.4, 0.5) is 0 Å². The molecule has 1 unspecified atom stereocenters. The van der Waals surface area contributed by atoms with Gasteiger partial charge in [0.15, 0.2) is 0 Å². The van der Waals surface area contributed by atoms with E-state index >= 15 is 0 Å². The number of hydrogen-bond donors (Lipinski definition) is 1. The summed E-state index contributed by atoms with van der Waals surface area (Å²) in [5.74, 6) is -0.151. The molecule has 0 bridgehead atoms. The van der Waals surface area contributed by atoms with Crippen molar-refractivity contribution in [3.8, 4) is 0 Å². The fourth-order valence-electron chi connectivity index (χ4n) is 4.31. The minimum absolute atomic E-state index is 0.102. The van der Waals surface area contributed by atoms with Crippen molar-refractivity contribution in [3.63, 3.8) is 0 Å². The molecule has 0 heterocycles. The van der Waals surface area contributed by atoms with E-state index in [9.17, 15) is 9.59 Å². The Morgan fingerprint density at radius 3 is 2.71 bits per heavy atom. The summed E-state index contributed by atoms with van der Waals surface area (Å²) in [6.45, 7) is 4.42. The van der Waals surface area contributed by atoms with Crippen LogP contribution in [0.3, 0.4) is 0 Å². The molecule has 0 aromatic rings. The smallest absolute Gasteiger partial charge is 0.309 e. The van der Waals surface area contributed by atoms with Crippen molar-refractivity contribution in [2.45, 2.75) is 46.0 Å². The van der Waals surface area contributed by atoms with Crippen LogP contribution in [0.25, 0.3) is 0 Å². The van der Waals surface area contributed by atoms with Gasteiger partial charge in [0.2, 0.25) is 0 Å². The van der Waals surface area contributed by atoms with Crippen LogP contribution in [0.5, 0.6) is 0 Å². The van der Waals surface area contributed by atoms with Crippen LogP contribution in [0.15, 0.2) is 11.6 Å². The number of allylic oxidation sites excluding steroid dienone is 2. The number of carbonyl (C=O) groups is 2. The highest BCUT2D eigenvalue weighted by Gasteiger charge is 2.44. The van der Waals surface area contributed by atoms with E-state index < -0.39 is 11.9 Å². The van der Waals surface area contributed by atoms with Crippen LogP contribution in [-0.2, 0) is 14.3 Å². The molecule has 5 atom stereocenters. The van der Waals surface area contributed by atoms with Gasteiger partial charge in [-0.2, -0.15) is 0 Å². The van der Waals surface area contributed by atoms with Gasteiger partial charge in [0, 0.05) is 0 Å². The number of ether oxygens (including phenoxy) is 1. The van der Waals surface area contributed by atoms with E-state index in [1.807, 2.05) is 0 Å². The molecule has 2 aliphatic rings. The normalized spacial score (nSPS) is 33.6. The lowest BCUT2D eigenvalue weighted by atomic mass is 9.59. The Balaban J connectivity index is 2.27. The van der Waals surface area contributed by atoms with E-state index in [-0.39, 0.29) is 18.3 Å². The summed E-state index contributed by atoms with van der Waals surface area (Å²) < 4.78 is 4.88. The van der Waals surface area contributed by atoms with Gasteiger partial charge in [-0.3, -0.25) is 9.59 Å². The Labute approximate surface area is 126 Å². The Morgan fingerprint density at radius 2 is 2.10 bits per heavy atom. The van der Waals surface area contributed by atoms with Crippen LogP contribution in [-0.4, -0.2) is 24.2 Å². The topological polar surface area (TPSA) is 63.6 Å². The molecule has 1 saturated carbocycles. The Hall–Kier alpha value is -1.32. The molecular weight excluding hydrogens is 268 g/mol. The van der Waals surface area contributed by atoms with Gasteiger partial charge < -0.3 is 9.84 Å². The molecule has 118 valence electrons. The SMILES string of the molecule is COC(=O)C(CC(=O)O)[C@@H]1CC[C@@H](C)[C@@H]2CCC(C)=C[C@@H]21. The first-order valence-corrected chi connectivity index (χ1v) is 7.91. The van der Waals surface area contributed by atoms with Crippen LogP contribution in [0, 0.1) is 29.6 Å². The van der Waals surface area contributed by atoms with Crippen LogP contribution >= 0.6 is 0 Å². The van der Waals surface area contributed by atoms with Crippen molar-refractivity contribution in [2.24, 2.45) is 29.6 Å². The van der Waals surface area contributed by atoms with E-state index in [2.05, 4.69) is 19.9 Å². The third kappa shape index (κ3) is 3.47. The molecule has 21 heavy (non-hydrogen) atoms. The van der Waals surface area contributed by atoms with Gasteiger partial charge >= 0.3 is 11.9 Å².